The van der Waals surface area contributed by atoms with E-state index in [-0.39, 0.29) is 11.3 Å². The lowest BCUT2D eigenvalue weighted by molar-refractivity contribution is -0.132. The first-order valence-corrected chi connectivity index (χ1v) is 12.0. The van der Waals surface area contributed by atoms with Gasteiger partial charge >= 0.3 is 5.91 Å². The van der Waals surface area contributed by atoms with Crippen LogP contribution < -0.4 is 9.64 Å². The van der Waals surface area contributed by atoms with Gasteiger partial charge in [-0.3, -0.25) is 14.5 Å². The predicted octanol–water partition coefficient (Wildman–Crippen LogP) is 5.27. The van der Waals surface area contributed by atoms with Crippen molar-refractivity contribution in [3.63, 3.8) is 0 Å². The largest absolute Gasteiger partial charge is 0.507 e. The molecule has 0 aliphatic carbocycles. The van der Waals surface area contributed by atoms with Gasteiger partial charge in [0.05, 0.1) is 18.2 Å². The van der Waals surface area contributed by atoms with Gasteiger partial charge < -0.3 is 9.84 Å². The Morgan fingerprint density at radius 3 is 2.47 bits per heavy atom. The third-order valence-corrected chi connectivity index (χ3v) is 6.61. The van der Waals surface area contributed by atoms with Crippen LogP contribution in [0.2, 0.25) is 0 Å². The van der Waals surface area contributed by atoms with Gasteiger partial charge in [-0.15, -0.1) is 10.2 Å². The Bertz CT molecular complexity index is 1260. The molecule has 1 N–H and O–H groups in total. The number of anilines is 1. The number of hydrogen-bond acceptors (Lipinski definition) is 7. The number of carbonyl (C=O) groups excluding carboxylic acids is 2. The van der Waals surface area contributed by atoms with Gasteiger partial charge in [0.2, 0.25) is 5.13 Å². The Balaban J connectivity index is 1.85. The number of carbonyl (C=O) groups is 2. The molecule has 2 aromatic carbocycles. The molecule has 1 saturated heterocycles. The van der Waals surface area contributed by atoms with Gasteiger partial charge in [-0.2, -0.15) is 0 Å². The minimum Gasteiger partial charge on any atom is -0.507 e. The molecule has 0 spiro atoms. The van der Waals surface area contributed by atoms with Crippen LogP contribution in [0.1, 0.15) is 53.1 Å². The molecule has 1 fully saturated rings. The molecule has 1 aromatic heterocycles. The van der Waals surface area contributed by atoms with Crippen molar-refractivity contribution in [3.8, 4) is 5.75 Å². The van der Waals surface area contributed by atoms with E-state index in [0.29, 0.717) is 33.6 Å². The summed E-state index contributed by atoms with van der Waals surface area (Å²) in [5, 5.41) is 20.5. The molecule has 2 heterocycles. The Kier molecular flexibility index (Phi) is 6.79. The second-order valence-corrected chi connectivity index (χ2v) is 9.52. The highest BCUT2D eigenvalue weighted by Gasteiger charge is 2.48. The summed E-state index contributed by atoms with van der Waals surface area (Å²) in [6, 6.07) is 12.1. The highest BCUT2D eigenvalue weighted by atomic mass is 32.1. The highest BCUT2D eigenvalue weighted by molar-refractivity contribution is 7.15. The maximum atomic E-state index is 13.3. The number of aliphatic hydroxyl groups excluding tert-OH is 1. The van der Waals surface area contributed by atoms with E-state index in [4.69, 9.17) is 4.74 Å². The first-order chi connectivity index (χ1) is 16.3. The van der Waals surface area contributed by atoms with E-state index < -0.39 is 17.7 Å². The van der Waals surface area contributed by atoms with Crippen molar-refractivity contribution in [2.45, 2.75) is 46.6 Å². The van der Waals surface area contributed by atoms with Crippen molar-refractivity contribution in [3.05, 3.63) is 75.3 Å². The first-order valence-electron chi connectivity index (χ1n) is 11.2. The monoisotopic (exact) mass is 477 g/mol. The second-order valence-electron chi connectivity index (χ2n) is 8.36. The van der Waals surface area contributed by atoms with Crippen LogP contribution in [0.15, 0.2) is 48.0 Å². The summed E-state index contributed by atoms with van der Waals surface area (Å²) in [6.07, 6.45) is 1.99. The SMILES string of the molecule is CCCCOc1ccc(C2C(=C(O)c3cc(C)ccc3C)C(=O)C(=O)N2c2nnc(C)s2)cc1. The fourth-order valence-electron chi connectivity index (χ4n) is 3.95. The number of benzene rings is 2. The number of hydrogen-bond donors (Lipinski definition) is 1. The van der Waals surface area contributed by atoms with Crippen LogP contribution in [0.3, 0.4) is 0 Å². The van der Waals surface area contributed by atoms with Gasteiger partial charge in [0.1, 0.15) is 16.5 Å². The number of aryl methyl sites for hydroxylation is 3. The number of aliphatic hydroxyl groups is 1. The normalized spacial score (nSPS) is 17.4. The number of ketones is 1. The molecule has 0 radical (unpaired) electrons. The van der Waals surface area contributed by atoms with Crippen LogP contribution in [0.4, 0.5) is 5.13 Å². The Morgan fingerprint density at radius 2 is 1.82 bits per heavy atom. The lowest BCUT2D eigenvalue weighted by atomic mass is 9.93. The van der Waals surface area contributed by atoms with Crippen LogP contribution in [-0.2, 0) is 9.59 Å². The number of aromatic nitrogens is 2. The molecule has 4 rings (SSSR count). The molecule has 0 bridgehead atoms. The summed E-state index contributed by atoms with van der Waals surface area (Å²) in [4.78, 5) is 27.8. The van der Waals surface area contributed by atoms with Gasteiger partial charge in [-0.1, -0.05) is 54.5 Å². The number of Topliss-reactive ketones (excluding diaryl/α,β-unsaturated/α-hetero) is 1. The Hall–Kier alpha value is -3.52. The number of amides is 1. The van der Waals surface area contributed by atoms with E-state index in [1.165, 1.54) is 16.2 Å². The average Bonchev–Trinajstić information content (AvgIpc) is 3.36. The van der Waals surface area contributed by atoms with E-state index in [1.807, 2.05) is 56.3 Å². The maximum absolute atomic E-state index is 13.3. The van der Waals surface area contributed by atoms with Gasteiger partial charge in [0, 0.05) is 5.56 Å². The number of rotatable bonds is 7. The lowest BCUT2D eigenvalue weighted by Crippen LogP contribution is -2.29. The molecule has 8 heteroatoms. The van der Waals surface area contributed by atoms with E-state index in [1.54, 1.807) is 6.92 Å². The molecule has 7 nitrogen and oxygen atoms in total. The molecule has 1 amide bonds. The summed E-state index contributed by atoms with van der Waals surface area (Å²) in [7, 11) is 0. The lowest BCUT2D eigenvalue weighted by Gasteiger charge is -2.23. The molecular weight excluding hydrogens is 450 g/mol. The molecule has 34 heavy (non-hydrogen) atoms. The molecule has 1 aliphatic rings. The molecule has 0 saturated carbocycles. The Labute approximate surface area is 202 Å². The fourth-order valence-corrected chi connectivity index (χ4v) is 4.66. The van der Waals surface area contributed by atoms with Crippen LogP contribution in [0.5, 0.6) is 5.75 Å². The number of nitrogens with zero attached hydrogens (tertiary/aromatic N) is 3. The topological polar surface area (TPSA) is 92.6 Å². The van der Waals surface area contributed by atoms with E-state index in [0.717, 1.165) is 24.0 Å². The molecule has 176 valence electrons. The fraction of sp³-hybridized carbons (Fsp3) is 0.308. The van der Waals surface area contributed by atoms with Gasteiger partial charge in [0.25, 0.3) is 5.78 Å². The zero-order valence-corrected chi connectivity index (χ0v) is 20.5. The summed E-state index contributed by atoms with van der Waals surface area (Å²) in [6.45, 7) is 8.26. The van der Waals surface area contributed by atoms with E-state index >= 15 is 0 Å². The summed E-state index contributed by atoms with van der Waals surface area (Å²) in [5.74, 6) is -0.984. The van der Waals surface area contributed by atoms with Crippen LogP contribution in [-0.4, -0.2) is 33.6 Å². The summed E-state index contributed by atoms with van der Waals surface area (Å²) < 4.78 is 5.76. The van der Waals surface area contributed by atoms with Crippen LogP contribution in [0, 0.1) is 20.8 Å². The molecule has 1 aliphatic heterocycles. The number of unbranched alkanes of at least 4 members (excludes halogenated alkanes) is 1. The van der Waals surface area contributed by atoms with Crippen molar-refractivity contribution in [1.29, 1.82) is 0 Å². The maximum Gasteiger partial charge on any atom is 0.301 e. The van der Waals surface area contributed by atoms with Crippen LogP contribution >= 0.6 is 11.3 Å². The van der Waals surface area contributed by atoms with Crippen molar-refractivity contribution >= 4 is 33.9 Å². The highest BCUT2D eigenvalue weighted by Crippen LogP contribution is 2.43. The van der Waals surface area contributed by atoms with Crippen molar-refractivity contribution in [1.82, 2.24) is 10.2 Å². The van der Waals surface area contributed by atoms with E-state index in [9.17, 15) is 14.7 Å². The molecule has 1 atom stereocenters. The minimum absolute atomic E-state index is 0.0335. The minimum atomic E-state index is -0.836. The second kappa shape index (κ2) is 9.77. The van der Waals surface area contributed by atoms with Gasteiger partial charge in [-0.05, 0) is 56.5 Å². The first kappa shape index (κ1) is 23.6. The predicted molar refractivity (Wildman–Crippen MR) is 132 cm³/mol. The summed E-state index contributed by atoms with van der Waals surface area (Å²) in [5.41, 5.74) is 2.97. The quantitative estimate of drug-likeness (QED) is 0.216. The van der Waals surface area contributed by atoms with Gasteiger partial charge in [-0.25, -0.2) is 0 Å². The van der Waals surface area contributed by atoms with Crippen LogP contribution in [0.25, 0.3) is 5.76 Å². The van der Waals surface area contributed by atoms with Gasteiger partial charge in [0.15, 0.2) is 0 Å². The Morgan fingerprint density at radius 1 is 1.09 bits per heavy atom. The zero-order valence-electron chi connectivity index (χ0n) is 19.7. The molecule has 1 unspecified atom stereocenters. The summed E-state index contributed by atoms with van der Waals surface area (Å²) >= 11 is 1.22. The average molecular weight is 478 g/mol. The standard InChI is InChI=1S/C26H27N3O4S/c1-5-6-13-33-19-11-9-18(10-12-19)22-21(23(30)20-14-15(2)7-8-16(20)3)24(31)25(32)29(22)26-28-27-17(4)34-26/h7-12,14,22,30H,5-6,13H2,1-4H3. The number of ether oxygens (including phenoxy) is 1. The van der Waals surface area contributed by atoms with Crippen molar-refractivity contribution in [2.24, 2.45) is 0 Å². The van der Waals surface area contributed by atoms with Crippen molar-refractivity contribution < 1.29 is 19.4 Å². The van der Waals surface area contributed by atoms with Crippen molar-refractivity contribution in [2.75, 3.05) is 11.5 Å². The molecular formula is C26H27N3O4S. The third-order valence-electron chi connectivity index (χ3n) is 5.78. The molecule has 3 aromatic rings. The zero-order chi connectivity index (χ0) is 24.4. The third kappa shape index (κ3) is 4.46. The smallest absolute Gasteiger partial charge is 0.301 e. The van der Waals surface area contributed by atoms with E-state index in [2.05, 4.69) is 17.1 Å².